The second-order valence-electron chi connectivity index (χ2n) is 5.60. The van der Waals surface area contributed by atoms with Crippen molar-refractivity contribution in [2.75, 3.05) is 13.1 Å². The molecule has 0 heterocycles. The highest BCUT2D eigenvalue weighted by atomic mass is 19.2. The molecule has 1 aliphatic rings. The maximum Gasteiger partial charge on any atom is 0.162 e. The van der Waals surface area contributed by atoms with Gasteiger partial charge in [-0.3, -0.25) is 0 Å². The predicted molar refractivity (Wildman–Crippen MR) is 74.3 cm³/mol. The molecule has 0 aromatic heterocycles. The fraction of sp³-hybridized carbons (Fsp3) is 0.625. The molecule has 0 bridgehead atoms. The molecule has 2 atom stereocenters. The average molecular weight is 267 g/mol. The number of nitrogens with one attached hydrogen (secondary N) is 1. The Labute approximate surface area is 114 Å². The predicted octanol–water partition coefficient (Wildman–Crippen LogP) is 4.16. The van der Waals surface area contributed by atoms with Crippen LogP contribution in [-0.4, -0.2) is 13.1 Å². The number of halogens is 2. The van der Waals surface area contributed by atoms with Gasteiger partial charge in [-0.05, 0) is 62.2 Å². The van der Waals surface area contributed by atoms with Crippen molar-refractivity contribution >= 4 is 0 Å². The highest BCUT2D eigenvalue weighted by molar-refractivity contribution is 5.29. The minimum Gasteiger partial charge on any atom is -0.316 e. The molecular formula is C16H23F2N. The molecule has 1 N–H and O–H groups in total. The highest BCUT2D eigenvalue weighted by Gasteiger charge is 2.31. The first kappa shape index (κ1) is 14.4. The molecule has 19 heavy (non-hydrogen) atoms. The van der Waals surface area contributed by atoms with Crippen molar-refractivity contribution in [1.29, 1.82) is 0 Å². The van der Waals surface area contributed by atoms with E-state index in [1.54, 1.807) is 19.1 Å². The lowest BCUT2D eigenvalue weighted by atomic mass is 9.88. The van der Waals surface area contributed by atoms with Gasteiger partial charge >= 0.3 is 0 Å². The molecule has 1 saturated carbocycles. The van der Waals surface area contributed by atoms with Crippen LogP contribution >= 0.6 is 0 Å². The molecule has 3 heteroatoms. The van der Waals surface area contributed by atoms with Crippen LogP contribution in [0.3, 0.4) is 0 Å². The van der Waals surface area contributed by atoms with E-state index < -0.39 is 11.6 Å². The molecule has 1 aromatic carbocycles. The van der Waals surface area contributed by atoms with Crippen molar-refractivity contribution in [1.82, 2.24) is 5.32 Å². The van der Waals surface area contributed by atoms with Gasteiger partial charge in [-0.25, -0.2) is 8.78 Å². The second kappa shape index (κ2) is 6.47. The first-order valence-corrected chi connectivity index (χ1v) is 7.30. The van der Waals surface area contributed by atoms with Gasteiger partial charge < -0.3 is 5.32 Å². The van der Waals surface area contributed by atoms with E-state index in [0.29, 0.717) is 17.0 Å². The van der Waals surface area contributed by atoms with Crippen LogP contribution in [0.2, 0.25) is 0 Å². The van der Waals surface area contributed by atoms with E-state index in [4.69, 9.17) is 0 Å². The summed E-state index contributed by atoms with van der Waals surface area (Å²) in [5, 5.41) is 3.41. The Morgan fingerprint density at radius 3 is 2.74 bits per heavy atom. The van der Waals surface area contributed by atoms with Crippen molar-refractivity contribution in [3.8, 4) is 0 Å². The average Bonchev–Trinajstić information content (AvgIpc) is 2.85. The van der Waals surface area contributed by atoms with Crippen molar-refractivity contribution in [2.45, 2.75) is 45.4 Å². The minimum atomic E-state index is -0.676. The summed E-state index contributed by atoms with van der Waals surface area (Å²) >= 11 is 0. The SMILES string of the molecule is CCCNCC1CCCC1c1ccc(C)c(F)c1F. The molecule has 2 unspecified atom stereocenters. The van der Waals surface area contributed by atoms with E-state index in [-0.39, 0.29) is 5.92 Å². The van der Waals surface area contributed by atoms with Crippen LogP contribution in [0.15, 0.2) is 12.1 Å². The van der Waals surface area contributed by atoms with Gasteiger partial charge in [-0.1, -0.05) is 25.5 Å². The molecule has 1 fully saturated rings. The number of rotatable bonds is 5. The summed E-state index contributed by atoms with van der Waals surface area (Å²) in [6.45, 7) is 5.65. The van der Waals surface area contributed by atoms with E-state index in [0.717, 1.165) is 38.8 Å². The fourth-order valence-corrected chi connectivity index (χ4v) is 3.10. The van der Waals surface area contributed by atoms with E-state index in [9.17, 15) is 8.78 Å². The zero-order valence-corrected chi connectivity index (χ0v) is 11.8. The molecule has 0 saturated heterocycles. The lowest BCUT2D eigenvalue weighted by Gasteiger charge is -2.21. The molecule has 0 aliphatic heterocycles. The summed E-state index contributed by atoms with van der Waals surface area (Å²) < 4.78 is 27.8. The summed E-state index contributed by atoms with van der Waals surface area (Å²) in [6, 6.07) is 3.47. The standard InChI is InChI=1S/C16H23F2N/c1-3-9-19-10-12-5-4-6-13(12)14-8-7-11(2)15(17)16(14)18/h7-8,12-13,19H,3-6,9-10H2,1-2H3. The van der Waals surface area contributed by atoms with Gasteiger partial charge in [0.1, 0.15) is 0 Å². The number of benzene rings is 1. The molecular weight excluding hydrogens is 244 g/mol. The van der Waals surface area contributed by atoms with Crippen LogP contribution in [0.5, 0.6) is 0 Å². The van der Waals surface area contributed by atoms with Gasteiger partial charge in [0.25, 0.3) is 0 Å². The lowest BCUT2D eigenvalue weighted by molar-refractivity contribution is 0.420. The number of aryl methyl sites for hydroxylation is 1. The summed E-state index contributed by atoms with van der Waals surface area (Å²) in [5.74, 6) is -0.709. The third-order valence-electron chi connectivity index (χ3n) is 4.20. The zero-order chi connectivity index (χ0) is 13.8. The Kier molecular flexibility index (Phi) is 4.92. The Balaban J connectivity index is 2.13. The van der Waals surface area contributed by atoms with Crippen molar-refractivity contribution in [2.24, 2.45) is 5.92 Å². The first-order valence-electron chi connectivity index (χ1n) is 7.30. The molecule has 1 aromatic rings. The quantitative estimate of drug-likeness (QED) is 0.790. The topological polar surface area (TPSA) is 12.0 Å². The van der Waals surface area contributed by atoms with Crippen molar-refractivity contribution in [3.05, 3.63) is 34.9 Å². The maximum absolute atomic E-state index is 14.1. The Hall–Kier alpha value is -0.960. The van der Waals surface area contributed by atoms with Crippen LogP contribution in [0.25, 0.3) is 0 Å². The molecule has 2 rings (SSSR count). The van der Waals surface area contributed by atoms with Gasteiger partial charge in [0.05, 0.1) is 0 Å². The molecule has 0 radical (unpaired) electrons. The van der Waals surface area contributed by atoms with E-state index in [2.05, 4.69) is 12.2 Å². The van der Waals surface area contributed by atoms with Crippen LogP contribution in [0.1, 0.15) is 49.7 Å². The lowest BCUT2D eigenvalue weighted by Crippen LogP contribution is -2.25. The third kappa shape index (κ3) is 3.14. The molecule has 106 valence electrons. The summed E-state index contributed by atoms with van der Waals surface area (Å²) in [4.78, 5) is 0. The molecule has 0 spiro atoms. The summed E-state index contributed by atoms with van der Waals surface area (Å²) in [5.41, 5.74) is 0.962. The minimum absolute atomic E-state index is 0.166. The van der Waals surface area contributed by atoms with Crippen molar-refractivity contribution < 1.29 is 8.78 Å². The highest BCUT2D eigenvalue weighted by Crippen LogP contribution is 2.40. The number of hydrogen-bond donors (Lipinski definition) is 1. The smallest absolute Gasteiger partial charge is 0.162 e. The van der Waals surface area contributed by atoms with E-state index in [1.165, 1.54) is 0 Å². The zero-order valence-electron chi connectivity index (χ0n) is 11.8. The van der Waals surface area contributed by atoms with Gasteiger partial charge in [0.15, 0.2) is 11.6 Å². The molecule has 0 amide bonds. The maximum atomic E-state index is 14.1. The second-order valence-corrected chi connectivity index (χ2v) is 5.60. The van der Waals surface area contributed by atoms with Gasteiger partial charge in [-0.2, -0.15) is 0 Å². The Morgan fingerprint density at radius 2 is 2.00 bits per heavy atom. The third-order valence-corrected chi connectivity index (χ3v) is 4.20. The van der Waals surface area contributed by atoms with Gasteiger partial charge in [0.2, 0.25) is 0 Å². The summed E-state index contributed by atoms with van der Waals surface area (Å²) in [6.07, 6.45) is 4.29. The van der Waals surface area contributed by atoms with Crippen molar-refractivity contribution in [3.63, 3.8) is 0 Å². The van der Waals surface area contributed by atoms with Crippen LogP contribution < -0.4 is 5.32 Å². The molecule has 1 aliphatic carbocycles. The fourth-order valence-electron chi connectivity index (χ4n) is 3.10. The monoisotopic (exact) mass is 267 g/mol. The van der Waals surface area contributed by atoms with Crippen LogP contribution in [0.4, 0.5) is 8.78 Å². The van der Waals surface area contributed by atoms with Gasteiger partial charge in [-0.15, -0.1) is 0 Å². The van der Waals surface area contributed by atoms with E-state index in [1.807, 2.05) is 0 Å². The van der Waals surface area contributed by atoms with Crippen LogP contribution in [0, 0.1) is 24.5 Å². The normalized spacial score (nSPS) is 22.9. The molecule has 1 nitrogen and oxygen atoms in total. The Morgan fingerprint density at radius 1 is 1.21 bits per heavy atom. The largest absolute Gasteiger partial charge is 0.316 e. The number of hydrogen-bond acceptors (Lipinski definition) is 1. The Bertz CT molecular complexity index is 431. The first-order chi connectivity index (χ1) is 9.15. The summed E-state index contributed by atoms with van der Waals surface area (Å²) in [7, 11) is 0. The van der Waals surface area contributed by atoms with Gasteiger partial charge in [0, 0.05) is 0 Å². The van der Waals surface area contributed by atoms with Crippen LogP contribution in [-0.2, 0) is 0 Å². The van der Waals surface area contributed by atoms with E-state index >= 15 is 0 Å².